The maximum atomic E-state index is 9.63. The van der Waals surface area contributed by atoms with Crippen LogP contribution in [0.2, 0.25) is 0 Å². The van der Waals surface area contributed by atoms with Crippen LogP contribution in [-0.2, 0) is 0 Å². The van der Waals surface area contributed by atoms with Gasteiger partial charge in [0.15, 0.2) is 0 Å². The number of nitriles is 1. The van der Waals surface area contributed by atoms with Crippen molar-refractivity contribution in [3.05, 3.63) is 58.1 Å². The molecule has 0 aromatic heterocycles. The van der Waals surface area contributed by atoms with Crippen LogP contribution in [0.15, 0.2) is 46.9 Å². The molecular formula is C16H15BrN2O. The molecule has 2 aromatic rings. The molecule has 0 fully saturated rings. The predicted molar refractivity (Wildman–Crippen MR) is 84.0 cm³/mol. The molecule has 0 saturated carbocycles. The second-order valence-corrected chi connectivity index (χ2v) is 5.45. The summed E-state index contributed by atoms with van der Waals surface area (Å²) in [6, 6.07) is 15.4. The van der Waals surface area contributed by atoms with Gasteiger partial charge in [0.05, 0.1) is 17.7 Å². The van der Waals surface area contributed by atoms with Crippen LogP contribution >= 0.6 is 15.9 Å². The molecule has 0 bridgehead atoms. The Labute approximate surface area is 127 Å². The summed E-state index contributed by atoms with van der Waals surface area (Å²) < 4.78 is 0.880. The molecule has 3 nitrogen and oxygen atoms in total. The van der Waals surface area contributed by atoms with E-state index in [4.69, 9.17) is 5.26 Å². The van der Waals surface area contributed by atoms with Crippen molar-refractivity contribution >= 4 is 27.3 Å². The van der Waals surface area contributed by atoms with Crippen molar-refractivity contribution < 1.29 is 5.11 Å². The first-order valence-corrected chi connectivity index (χ1v) is 7.03. The molecule has 1 N–H and O–H groups in total. The molecule has 4 heteroatoms. The van der Waals surface area contributed by atoms with E-state index in [2.05, 4.69) is 22.0 Å². The highest BCUT2D eigenvalue weighted by molar-refractivity contribution is 9.10. The highest BCUT2D eigenvalue weighted by Crippen LogP contribution is 2.31. The minimum absolute atomic E-state index is 0.501. The summed E-state index contributed by atoms with van der Waals surface area (Å²) in [6.45, 7) is 1.74. The van der Waals surface area contributed by atoms with Crippen LogP contribution in [-0.4, -0.2) is 12.2 Å². The number of rotatable bonds is 3. The molecule has 0 aliphatic heterocycles. The fourth-order valence-corrected chi connectivity index (χ4v) is 2.67. The number of hydrogen-bond acceptors (Lipinski definition) is 3. The van der Waals surface area contributed by atoms with Gasteiger partial charge in [-0.1, -0.05) is 22.0 Å². The minimum Gasteiger partial charge on any atom is -0.389 e. The Morgan fingerprint density at radius 3 is 2.25 bits per heavy atom. The molecule has 0 unspecified atom stereocenters. The molecule has 0 heterocycles. The Kier molecular flexibility index (Phi) is 4.43. The average Bonchev–Trinajstić information content (AvgIpc) is 2.46. The summed E-state index contributed by atoms with van der Waals surface area (Å²) in [5.74, 6) is 0. The van der Waals surface area contributed by atoms with Gasteiger partial charge < -0.3 is 10.0 Å². The van der Waals surface area contributed by atoms with Crippen molar-refractivity contribution in [1.29, 1.82) is 5.26 Å². The van der Waals surface area contributed by atoms with Crippen molar-refractivity contribution in [3.8, 4) is 6.07 Å². The first-order chi connectivity index (χ1) is 9.52. The van der Waals surface area contributed by atoms with Crippen molar-refractivity contribution in [2.45, 2.75) is 13.0 Å². The van der Waals surface area contributed by atoms with Gasteiger partial charge in [-0.25, -0.2) is 0 Å². The summed E-state index contributed by atoms with van der Waals surface area (Å²) >= 11 is 3.48. The first-order valence-electron chi connectivity index (χ1n) is 6.24. The number of halogens is 1. The topological polar surface area (TPSA) is 47.3 Å². The monoisotopic (exact) mass is 330 g/mol. The van der Waals surface area contributed by atoms with Crippen molar-refractivity contribution in [2.75, 3.05) is 11.9 Å². The van der Waals surface area contributed by atoms with Crippen LogP contribution < -0.4 is 4.90 Å². The third-order valence-corrected chi connectivity index (χ3v) is 3.89. The fourth-order valence-electron chi connectivity index (χ4n) is 1.97. The van der Waals surface area contributed by atoms with E-state index >= 15 is 0 Å². The third-order valence-electron chi connectivity index (χ3n) is 3.21. The lowest BCUT2D eigenvalue weighted by molar-refractivity contribution is 0.198. The van der Waals surface area contributed by atoms with E-state index in [1.165, 1.54) is 0 Å². The second kappa shape index (κ2) is 6.08. The van der Waals surface area contributed by atoms with E-state index < -0.39 is 6.10 Å². The lowest BCUT2D eigenvalue weighted by Crippen LogP contribution is -2.09. The molecular weight excluding hydrogens is 316 g/mol. The van der Waals surface area contributed by atoms with Gasteiger partial charge in [0, 0.05) is 22.9 Å². The normalized spacial score (nSPS) is 11.8. The van der Waals surface area contributed by atoms with Crippen molar-refractivity contribution in [2.24, 2.45) is 0 Å². The highest BCUT2D eigenvalue weighted by atomic mass is 79.9. The number of anilines is 2. The molecule has 0 spiro atoms. The van der Waals surface area contributed by atoms with E-state index in [1.54, 1.807) is 19.1 Å². The standard InChI is InChI=1S/C16H15BrN2O/c1-11(20)15-8-7-14(9-16(15)17)19(2)13-5-3-12(10-18)4-6-13/h3-9,11,20H,1-2H3/t11-/m0/s1. The van der Waals surface area contributed by atoms with Gasteiger partial charge in [0.1, 0.15) is 0 Å². The lowest BCUT2D eigenvalue weighted by atomic mass is 10.1. The summed E-state index contributed by atoms with van der Waals surface area (Å²) in [5.41, 5.74) is 3.52. The molecule has 20 heavy (non-hydrogen) atoms. The van der Waals surface area contributed by atoms with E-state index in [0.717, 1.165) is 21.4 Å². The summed E-state index contributed by atoms with van der Waals surface area (Å²) in [5, 5.41) is 18.4. The molecule has 0 amide bonds. The largest absolute Gasteiger partial charge is 0.389 e. The van der Waals surface area contributed by atoms with Gasteiger partial charge in [-0.05, 0) is 48.9 Å². The molecule has 2 aromatic carbocycles. The zero-order valence-corrected chi connectivity index (χ0v) is 12.9. The number of aliphatic hydroxyl groups excluding tert-OH is 1. The van der Waals surface area contributed by atoms with Gasteiger partial charge >= 0.3 is 0 Å². The van der Waals surface area contributed by atoms with Crippen molar-refractivity contribution in [3.63, 3.8) is 0 Å². The van der Waals surface area contributed by atoms with Crippen LogP contribution in [0.3, 0.4) is 0 Å². The maximum Gasteiger partial charge on any atom is 0.0991 e. The van der Waals surface area contributed by atoms with Crippen LogP contribution in [0.4, 0.5) is 11.4 Å². The molecule has 102 valence electrons. The first kappa shape index (κ1) is 14.6. The Morgan fingerprint density at radius 2 is 1.75 bits per heavy atom. The Balaban J connectivity index is 2.31. The number of nitrogens with zero attached hydrogens (tertiary/aromatic N) is 2. The van der Waals surface area contributed by atoms with E-state index in [9.17, 15) is 5.11 Å². The number of benzene rings is 2. The lowest BCUT2D eigenvalue weighted by Gasteiger charge is -2.21. The van der Waals surface area contributed by atoms with Crippen LogP contribution in [0.5, 0.6) is 0 Å². The Bertz CT molecular complexity index is 645. The smallest absolute Gasteiger partial charge is 0.0991 e. The van der Waals surface area contributed by atoms with Gasteiger partial charge in [0.25, 0.3) is 0 Å². The molecule has 1 atom stereocenters. The number of hydrogen-bond donors (Lipinski definition) is 1. The summed E-state index contributed by atoms with van der Waals surface area (Å²) in [6.07, 6.45) is -0.501. The quantitative estimate of drug-likeness (QED) is 0.919. The average molecular weight is 331 g/mol. The van der Waals surface area contributed by atoms with Crippen LogP contribution in [0.1, 0.15) is 24.2 Å². The van der Waals surface area contributed by atoms with Crippen molar-refractivity contribution in [1.82, 2.24) is 0 Å². The maximum absolute atomic E-state index is 9.63. The zero-order chi connectivity index (χ0) is 14.7. The summed E-state index contributed by atoms with van der Waals surface area (Å²) in [7, 11) is 1.96. The SMILES string of the molecule is C[C@H](O)c1ccc(N(C)c2ccc(C#N)cc2)cc1Br. The Morgan fingerprint density at radius 1 is 1.15 bits per heavy atom. The summed E-state index contributed by atoms with van der Waals surface area (Å²) in [4.78, 5) is 2.03. The van der Waals surface area contributed by atoms with Gasteiger partial charge in [-0.2, -0.15) is 5.26 Å². The van der Waals surface area contributed by atoms with Gasteiger partial charge in [-0.3, -0.25) is 0 Å². The van der Waals surface area contributed by atoms with E-state index in [1.807, 2.05) is 42.3 Å². The van der Waals surface area contributed by atoms with E-state index in [0.29, 0.717) is 5.56 Å². The molecule has 0 aliphatic carbocycles. The Hall–Kier alpha value is -1.83. The predicted octanol–water partition coefficient (Wildman–Crippen LogP) is 4.14. The van der Waals surface area contributed by atoms with Gasteiger partial charge in [0.2, 0.25) is 0 Å². The van der Waals surface area contributed by atoms with Gasteiger partial charge in [-0.15, -0.1) is 0 Å². The van der Waals surface area contributed by atoms with Crippen LogP contribution in [0, 0.1) is 11.3 Å². The second-order valence-electron chi connectivity index (χ2n) is 4.60. The molecule has 0 aliphatic rings. The molecule has 0 radical (unpaired) electrons. The van der Waals surface area contributed by atoms with E-state index in [-0.39, 0.29) is 0 Å². The zero-order valence-electron chi connectivity index (χ0n) is 11.3. The number of aliphatic hydroxyl groups is 1. The third kappa shape index (κ3) is 3.01. The fraction of sp³-hybridized carbons (Fsp3) is 0.188. The highest BCUT2D eigenvalue weighted by Gasteiger charge is 2.10. The molecule has 2 rings (SSSR count). The van der Waals surface area contributed by atoms with Crippen LogP contribution in [0.25, 0.3) is 0 Å². The minimum atomic E-state index is -0.501. The molecule has 0 saturated heterocycles.